The van der Waals surface area contributed by atoms with Gasteiger partial charge in [0, 0.05) is 17.1 Å². The van der Waals surface area contributed by atoms with E-state index in [1.807, 2.05) is 32.0 Å². The van der Waals surface area contributed by atoms with Gasteiger partial charge in [0.15, 0.2) is 0 Å². The van der Waals surface area contributed by atoms with Gasteiger partial charge in [-0.1, -0.05) is 13.8 Å². The quantitative estimate of drug-likeness (QED) is 0.689. The van der Waals surface area contributed by atoms with E-state index in [1.165, 1.54) is 0 Å². The topological polar surface area (TPSA) is 64.1 Å². The van der Waals surface area contributed by atoms with Crippen LogP contribution in [0.1, 0.15) is 25.2 Å². The largest absolute Gasteiger partial charge is 0.426 e. The molecule has 1 heterocycles. The Bertz CT molecular complexity index is 616. The lowest BCUT2D eigenvalue weighted by molar-refractivity contribution is -0.137. The number of hydrogen-bond donors (Lipinski definition) is 1. The molecule has 0 spiro atoms. The molecule has 1 N–H and O–H groups in total. The van der Waals surface area contributed by atoms with E-state index in [4.69, 9.17) is 4.74 Å². The second-order valence-corrected chi connectivity index (χ2v) is 5.20. The average Bonchev–Trinajstić information content (AvgIpc) is 2.39. The summed E-state index contributed by atoms with van der Waals surface area (Å²) in [5.41, 5.74) is 2.66. The number of hydrogen-bond acceptors (Lipinski definition) is 5. The lowest BCUT2D eigenvalue weighted by Crippen LogP contribution is -2.14. The Kier molecular flexibility index (Phi) is 4.52. The minimum Gasteiger partial charge on any atom is -0.426 e. The number of ether oxygens (including phenoxy) is 1. The van der Waals surface area contributed by atoms with Crippen LogP contribution in [0.2, 0.25) is 0 Å². The zero-order valence-corrected chi connectivity index (χ0v) is 12.7. The normalized spacial score (nSPS) is 10.5. The van der Waals surface area contributed by atoms with Crippen molar-refractivity contribution in [2.75, 3.05) is 5.32 Å². The fourth-order valence-corrected chi connectivity index (χ4v) is 1.75. The van der Waals surface area contributed by atoms with Crippen molar-refractivity contribution in [1.82, 2.24) is 9.97 Å². The molecule has 0 aliphatic rings. The standard InChI is InChI=1S/C16H19N3O2/c1-10(2)15(20)21-14-7-5-13(6-8-14)19-16-17-11(3)9-12(4)18-16/h5-10H,1-4H3,(H,17,18,19). The molecule has 0 fully saturated rings. The summed E-state index contributed by atoms with van der Waals surface area (Å²) >= 11 is 0. The number of carbonyl (C=O) groups is 1. The molecule has 2 aromatic rings. The molecule has 5 heteroatoms. The fourth-order valence-electron chi connectivity index (χ4n) is 1.75. The molecule has 0 unspecified atom stereocenters. The first-order valence-corrected chi connectivity index (χ1v) is 6.85. The molecule has 0 bridgehead atoms. The molecule has 110 valence electrons. The van der Waals surface area contributed by atoms with E-state index in [9.17, 15) is 4.79 Å². The van der Waals surface area contributed by atoms with Gasteiger partial charge in [-0.15, -0.1) is 0 Å². The van der Waals surface area contributed by atoms with E-state index < -0.39 is 0 Å². The van der Waals surface area contributed by atoms with E-state index in [2.05, 4.69) is 15.3 Å². The van der Waals surface area contributed by atoms with Crippen LogP contribution in [0.3, 0.4) is 0 Å². The Hall–Kier alpha value is -2.43. The lowest BCUT2D eigenvalue weighted by atomic mass is 10.2. The Balaban J connectivity index is 2.07. The number of aromatic nitrogens is 2. The Morgan fingerprint density at radius 1 is 1.10 bits per heavy atom. The summed E-state index contributed by atoms with van der Waals surface area (Å²) in [6, 6.07) is 9.05. The summed E-state index contributed by atoms with van der Waals surface area (Å²) in [6.07, 6.45) is 0. The van der Waals surface area contributed by atoms with Crippen LogP contribution in [0.15, 0.2) is 30.3 Å². The summed E-state index contributed by atoms with van der Waals surface area (Å²) in [7, 11) is 0. The second-order valence-electron chi connectivity index (χ2n) is 5.20. The summed E-state index contributed by atoms with van der Waals surface area (Å²) in [5.74, 6) is 0.694. The summed E-state index contributed by atoms with van der Waals surface area (Å²) < 4.78 is 5.22. The number of nitrogens with zero attached hydrogens (tertiary/aromatic N) is 2. The molecule has 0 radical (unpaired) electrons. The van der Waals surface area contributed by atoms with Gasteiger partial charge < -0.3 is 10.1 Å². The average molecular weight is 285 g/mol. The Morgan fingerprint density at radius 2 is 1.67 bits per heavy atom. The van der Waals surface area contributed by atoms with Crippen LogP contribution in [0, 0.1) is 19.8 Å². The minimum atomic E-state index is -0.242. The van der Waals surface area contributed by atoms with Crippen molar-refractivity contribution in [1.29, 1.82) is 0 Å². The van der Waals surface area contributed by atoms with Crippen LogP contribution in [0.25, 0.3) is 0 Å². The highest BCUT2D eigenvalue weighted by atomic mass is 16.5. The zero-order valence-electron chi connectivity index (χ0n) is 12.7. The van der Waals surface area contributed by atoms with E-state index in [0.717, 1.165) is 17.1 Å². The molecule has 21 heavy (non-hydrogen) atoms. The van der Waals surface area contributed by atoms with E-state index >= 15 is 0 Å². The molecule has 0 aliphatic carbocycles. The lowest BCUT2D eigenvalue weighted by Gasteiger charge is -2.09. The van der Waals surface area contributed by atoms with Gasteiger partial charge in [-0.2, -0.15) is 0 Å². The monoisotopic (exact) mass is 285 g/mol. The van der Waals surface area contributed by atoms with Crippen molar-refractivity contribution in [3.63, 3.8) is 0 Å². The first-order valence-electron chi connectivity index (χ1n) is 6.85. The third-order valence-corrected chi connectivity index (χ3v) is 2.78. The van der Waals surface area contributed by atoms with E-state index in [1.54, 1.807) is 26.0 Å². The van der Waals surface area contributed by atoms with Gasteiger partial charge in [-0.3, -0.25) is 4.79 Å². The van der Waals surface area contributed by atoms with Crippen LogP contribution in [0.5, 0.6) is 5.75 Å². The second kappa shape index (κ2) is 6.35. The molecule has 0 saturated heterocycles. The van der Waals surface area contributed by atoms with Gasteiger partial charge >= 0.3 is 5.97 Å². The molecule has 1 aromatic carbocycles. The van der Waals surface area contributed by atoms with Crippen LogP contribution in [-0.4, -0.2) is 15.9 Å². The van der Waals surface area contributed by atoms with Gasteiger partial charge in [0.1, 0.15) is 5.75 Å². The number of aryl methyl sites for hydroxylation is 2. The summed E-state index contributed by atoms with van der Waals surface area (Å²) in [4.78, 5) is 20.1. The van der Waals surface area contributed by atoms with Crippen LogP contribution >= 0.6 is 0 Å². The molecule has 1 aromatic heterocycles. The van der Waals surface area contributed by atoms with Gasteiger partial charge in [-0.05, 0) is 44.2 Å². The van der Waals surface area contributed by atoms with Gasteiger partial charge in [0.25, 0.3) is 0 Å². The number of benzene rings is 1. The van der Waals surface area contributed by atoms with Crippen LogP contribution in [0.4, 0.5) is 11.6 Å². The summed E-state index contributed by atoms with van der Waals surface area (Å²) in [6.45, 7) is 7.45. The molecule has 0 saturated carbocycles. The highest BCUT2D eigenvalue weighted by molar-refractivity contribution is 5.74. The maximum absolute atomic E-state index is 11.5. The van der Waals surface area contributed by atoms with Crippen molar-refractivity contribution in [3.05, 3.63) is 41.7 Å². The minimum absolute atomic E-state index is 0.147. The van der Waals surface area contributed by atoms with Crippen molar-refractivity contribution in [3.8, 4) is 5.75 Å². The molecule has 5 nitrogen and oxygen atoms in total. The predicted octanol–water partition coefficient (Wildman–Crippen LogP) is 3.40. The SMILES string of the molecule is Cc1cc(C)nc(Nc2ccc(OC(=O)C(C)C)cc2)n1. The van der Waals surface area contributed by atoms with Crippen molar-refractivity contribution in [2.45, 2.75) is 27.7 Å². The number of esters is 1. The molecule has 0 atom stereocenters. The smallest absolute Gasteiger partial charge is 0.313 e. The Labute approximate surface area is 124 Å². The number of nitrogens with one attached hydrogen (secondary N) is 1. The first-order chi connectivity index (χ1) is 9.94. The van der Waals surface area contributed by atoms with Crippen molar-refractivity contribution in [2.24, 2.45) is 5.92 Å². The van der Waals surface area contributed by atoms with E-state index in [-0.39, 0.29) is 11.9 Å². The number of rotatable bonds is 4. The zero-order chi connectivity index (χ0) is 15.4. The van der Waals surface area contributed by atoms with Crippen molar-refractivity contribution < 1.29 is 9.53 Å². The molecule has 0 amide bonds. The molecule has 0 aliphatic heterocycles. The Morgan fingerprint density at radius 3 is 2.19 bits per heavy atom. The van der Waals surface area contributed by atoms with Gasteiger partial charge in [0.2, 0.25) is 5.95 Å². The highest BCUT2D eigenvalue weighted by Gasteiger charge is 2.09. The van der Waals surface area contributed by atoms with Crippen molar-refractivity contribution >= 4 is 17.6 Å². The highest BCUT2D eigenvalue weighted by Crippen LogP contribution is 2.19. The third-order valence-electron chi connectivity index (χ3n) is 2.78. The summed E-state index contributed by atoms with van der Waals surface area (Å²) in [5, 5.41) is 3.13. The molecule has 2 rings (SSSR count). The van der Waals surface area contributed by atoms with Gasteiger partial charge in [-0.25, -0.2) is 9.97 Å². The predicted molar refractivity (Wildman–Crippen MR) is 81.7 cm³/mol. The molecular formula is C16H19N3O2. The number of anilines is 2. The van der Waals surface area contributed by atoms with E-state index in [0.29, 0.717) is 11.7 Å². The third kappa shape index (κ3) is 4.27. The van der Waals surface area contributed by atoms with Crippen LogP contribution in [-0.2, 0) is 4.79 Å². The molecular weight excluding hydrogens is 266 g/mol. The maximum atomic E-state index is 11.5. The maximum Gasteiger partial charge on any atom is 0.313 e. The van der Waals surface area contributed by atoms with Gasteiger partial charge in [0.05, 0.1) is 5.92 Å². The fraction of sp³-hybridized carbons (Fsp3) is 0.312. The number of carbonyl (C=O) groups excluding carboxylic acids is 1. The first kappa shape index (κ1) is 15.0. The van der Waals surface area contributed by atoms with Crippen LogP contribution < -0.4 is 10.1 Å².